The van der Waals surface area contributed by atoms with Gasteiger partial charge in [0, 0.05) is 39.6 Å². The number of unbranched alkanes of at least 4 members (excludes halogenated alkanes) is 1. The third kappa shape index (κ3) is 4.67. The number of hydrogen-bond donors (Lipinski definition) is 2. The molecule has 0 bridgehead atoms. The highest BCUT2D eigenvalue weighted by Gasteiger charge is 2.21. The second kappa shape index (κ2) is 9.40. The molecular weight excluding hydrogens is 417 g/mol. The number of nitrogens with one attached hydrogen (secondary N) is 2. The van der Waals surface area contributed by atoms with Crippen molar-refractivity contribution < 1.29 is 13.9 Å². The number of methoxy groups -OCH3 is 1. The highest BCUT2D eigenvalue weighted by molar-refractivity contribution is 5.95. The first-order valence-corrected chi connectivity index (χ1v) is 11.8. The molecule has 33 heavy (non-hydrogen) atoms. The number of carbonyl (C=O) groups excluding carboxylic acids is 1. The molecule has 6 heteroatoms. The van der Waals surface area contributed by atoms with E-state index in [2.05, 4.69) is 27.1 Å². The molecular formula is C27H30FN3O2. The van der Waals surface area contributed by atoms with E-state index < -0.39 is 0 Å². The molecule has 2 aromatic heterocycles. The zero-order chi connectivity index (χ0) is 22.8. The topological polar surface area (TPSA) is 61.1 Å². The second-order valence-electron chi connectivity index (χ2n) is 9.10. The highest BCUT2D eigenvalue weighted by Crippen LogP contribution is 2.30. The van der Waals surface area contributed by atoms with Crippen LogP contribution >= 0.6 is 0 Å². The van der Waals surface area contributed by atoms with E-state index in [0.29, 0.717) is 11.5 Å². The molecule has 0 atom stereocenters. The fourth-order valence-corrected chi connectivity index (χ4v) is 5.09. The minimum atomic E-state index is -0.299. The zero-order valence-electron chi connectivity index (χ0n) is 19.0. The Balaban J connectivity index is 1.10. The predicted molar refractivity (Wildman–Crippen MR) is 129 cm³/mol. The van der Waals surface area contributed by atoms with Crippen molar-refractivity contribution in [3.05, 3.63) is 71.3 Å². The summed E-state index contributed by atoms with van der Waals surface area (Å²) in [6.07, 6.45) is 7.58. The Labute approximate surface area is 192 Å². The van der Waals surface area contributed by atoms with E-state index in [1.54, 1.807) is 12.1 Å². The minimum absolute atomic E-state index is 0.181. The largest absolute Gasteiger partial charge is 0.465 e. The monoisotopic (exact) mass is 447 g/mol. The molecule has 0 amide bonds. The van der Waals surface area contributed by atoms with Gasteiger partial charge in [0.1, 0.15) is 5.82 Å². The van der Waals surface area contributed by atoms with Gasteiger partial charge in [0.15, 0.2) is 0 Å². The van der Waals surface area contributed by atoms with Crippen molar-refractivity contribution in [2.45, 2.75) is 38.0 Å². The van der Waals surface area contributed by atoms with E-state index in [1.165, 1.54) is 24.4 Å². The van der Waals surface area contributed by atoms with E-state index in [4.69, 9.17) is 4.74 Å². The van der Waals surface area contributed by atoms with Crippen molar-refractivity contribution in [1.82, 2.24) is 14.9 Å². The molecule has 3 heterocycles. The number of hydrogen-bond acceptors (Lipinski definition) is 3. The van der Waals surface area contributed by atoms with Crippen molar-refractivity contribution in [3.8, 4) is 0 Å². The average Bonchev–Trinajstić information content (AvgIpc) is 3.45. The van der Waals surface area contributed by atoms with Gasteiger partial charge in [-0.15, -0.1) is 0 Å². The minimum Gasteiger partial charge on any atom is -0.465 e. The summed E-state index contributed by atoms with van der Waals surface area (Å²) in [5.41, 5.74) is 5.16. The number of carbonyl (C=O) groups is 1. The quantitative estimate of drug-likeness (QED) is 0.279. The Morgan fingerprint density at radius 2 is 1.91 bits per heavy atom. The second-order valence-corrected chi connectivity index (χ2v) is 9.10. The lowest BCUT2D eigenvalue weighted by Gasteiger charge is -2.31. The molecule has 0 radical (unpaired) electrons. The van der Waals surface area contributed by atoms with Gasteiger partial charge in [-0.1, -0.05) is 0 Å². The van der Waals surface area contributed by atoms with E-state index >= 15 is 0 Å². The van der Waals surface area contributed by atoms with Crippen LogP contribution in [-0.4, -0.2) is 47.6 Å². The molecule has 0 spiro atoms. The molecule has 0 unspecified atom stereocenters. The average molecular weight is 448 g/mol. The Morgan fingerprint density at radius 1 is 1.09 bits per heavy atom. The number of fused-ring (bicyclic) bond motifs is 2. The molecule has 2 N–H and O–H groups in total. The summed E-state index contributed by atoms with van der Waals surface area (Å²) in [5, 5.41) is 2.07. The Kier molecular flexibility index (Phi) is 6.18. The number of aromatic nitrogens is 2. The smallest absolute Gasteiger partial charge is 0.337 e. The molecule has 5 rings (SSSR count). The van der Waals surface area contributed by atoms with Crippen LogP contribution in [-0.2, 0) is 11.2 Å². The lowest BCUT2D eigenvalue weighted by Crippen LogP contribution is -2.33. The number of ether oxygens (including phenoxy) is 1. The number of halogens is 1. The van der Waals surface area contributed by atoms with E-state index in [1.807, 2.05) is 18.2 Å². The van der Waals surface area contributed by atoms with Gasteiger partial charge in [0.2, 0.25) is 0 Å². The van der Waals surface area contributed by atoms with Crippen molar-refractivity contribution >= 4 is 27.8 Å². The number of benzene rings is 2. The van der Waals surface area contributed by atoms with Crippen molar-refractivity contribution in [2.24, 2.45) is 0 Å². The van der Waals surface area contributed by atoms with Crippen LogP contribution in [0, 0.1) is 5.82 Å². The summed E-state index contributed by atoms with van der Waals surface area (Å²) in [4.78, 5) is 21.2. The molecule has 5 nitrogen and oxygen atoms in total. The third-order valence-corrected chi connectivity index (χ3v) is 6.99. The summed E-state index contributed by atoms with van der Waals surface area (Å²) in [5.74, 6) is 0.0402. The number of rotatable bonds is 7. The highest BCUT2D eigenvalue weighted by atomic mass is 19.1. The van der Waals surface area contributed by atoms with Gasteiger partial charge < -0.3 is 19.6 Å². The van der Waals surface area contributed by atoms with E-state index in [0.717, 1.165) is 73.5 Å². The molecule has 2 aromatic carbocycles. The molecule has 0 saturated carbocycles. The van der Waals surface area contributed by atoms with Crippen LogP contribution in [0.15, 0.2) is 48.7 Å². The van der Waals surface area contributed by atoms with Gasteiger partial charge >= 0.3 is 5.97 Å². The third-order valence-electron chi connectivity index (χ3n) is 6.99. The standard InChI is InChI=1S/C27H30FN3O2/c1-33-27(32)19-5-7-25-23(15-19)20(17-29-25)4-2-3-11-31-12-9-18(10-13-31)26-16-21-14-22(28)6-8-24(21)30-26/h5-8,14-18,29-30H,2-4,9-13H2,1H3. The number of H-pyrrole nitrogens is 2. The van der Waals surface area contributed by atoms with E-state index in [-0.39, 0.29) is 11.8 Å². The van der Waals surface area contributed by atoms with Crippen LogP contribution in [0.2, 0.25) is 0 Å². The fraction of sp³-hybridized carbons (Fsp3) is 0.370. The normalized spacial score (nSPS) is 15.5. The molecule has 1 aliphatic rings. The van der Waals surface area contributed by atoms with Gasteiger partial charge in [0.05, 0.1) is 12.7 Å². The first-order chi connectivity index (χ1) is 16.1. The van der Waals surface area contributed by atoms with Gasteiger partial charge in [-0.05, 0) is 99.8 Å². The number of piperidine rings is 1. The summed E-state index contributed by atoms with van der Waals surface area (Å²) in [6.45, 7) is 3.31. The summed E-state index contributed by atoms with van der Waals surface area (Å²) < 4.78 is 18.3. The number of aromatic amines is 2. The first-order valence-electron chi connectivity index (χ1n) is 11.8. The van der Waals surface area contributed by atoms with Crippen molar-refractivity contribution in [2.75, 3.05) is 26.7 Å². The Hall–Kier alpha value is -3.12. The zero-order valence-corrected chi connectivity index (χ0v) is 19.0. The van der Waals surface area contributed by atoms with Crippen LogP contribution in [0.3, 0.4) is 0 Å². The van der Waals surface area contributed by atoms with Gasteiger partial charge in [-0.2, -0.15) is 0 Å². The van der Waals surface area contributed by atoms with Crippen molar-refractivity contribution in [3.63, 3.8) is 0 Å². The fourth-order valence-electron chi connectivity index (χ4n) is 5.09. The SMILES string of the molecule is COC(=O)c1ccc2[nH]cc(CCCCN3CCC(c4cc5cc(F)ccc5[nH]4)CC3)c2c1. The Morgan fingerprint density at radius 3 is 2.73 bits per heavy atom. The predicted octanol–water partition coefficient (Wildman–Crippen LogP) is 5.78. The van der Waals surface area contributed by atoms with Crippen molar-refractivity contribution in [1.29, 1.82) is 0 Å². The maximum absolute atomic E-state index is 13.5. The summed E-state index contributed by atoms with van der Waals surface area (Å²) in [7, 11) is 1.41. The molecule has 1 aliphatic heterocycles. The van der Waals surface area contributed by atoms with Gasteiger partial charge in [0.25, 0.3) is 0 Å². The maximum Gasteiger partial charge on any atom is 0.337 e. The first kappa shape index (κ1) is 21.7. The number of esters is 1. The maximum atomic E-state index is 13.5. The summed E-state index contributed by atoms with van der Waals surface area (Å²) >= 11 is 0. The Bertz CT molecular complexity index is 1270. The molecule has 1 saturated heterocycles. The lowest BCUT2D eigenvalue weighted by atomic mass is 9.93. The van der Waals surface area contributed by atoms with Gasteiger partial charge in [-0.25, -0.2) is 9.18 Å². The van der Waals surface area contributed by atoms with Crippen LogP contribution < -0.4 is 0 Å². The molecule has 172 valence electrons. The van der Waals surface area contributed by atoms with Crippen LogP contribution in [0.5, 0.6) is 0 Å². The molecule has 0 aliphatic carbocycles. The molecule has 1 fully saturated rings. The number of aryl methyl sites for hydroxylation is 1. The summed E-state index contributed by atoms with van der Waals surface area (Å²) in [6, 6.07) is 12.7. The number of likely N-dealkylation sites (tertiary alicyclic amines) is 1. The lowest BCUT2D eigenvalue weighted by molar-refractivity contribution is 0.0601. The van der Waals surface area contributed by atoms with Gasteiger partial charge in [-0.3, -0.25) is 0 Å². The van der Waals surface area contributed by atoms with Crippen LogP contribution in [0.1, 0.15) is 53.2 Å². The van der Waals surface area contributed by atoms with Crippen LogP contribution in [0.25, 0.3) is 21.8 Å². The van der Waals surface area contributed by atoms with E-state index in [9.17, 15) is 9.18 Å². The molecule has 4 aromatic rings. The van der Waals surface area contributed by atoms with Crippen LogP contribution in [0.4, 0.5) is 4.39 Å². The number of nitrogens with zero attached hydrogens (tertiary/aromatic N) is 1.